The van der Waals surface area contributed by atoms with E-state index in [1.807, 2.05) is 12.1 Å². The summed E-state index contributed by atoms with van der Waals surface area (Å²) in [7, 11) is -3.52. The molecule has 8 nitrogen and oxygen atoms in total. The SMILES string of the molecule is O=C(COc1ccc(Oc2ccccn2)cc1)Nc1ccc(S(=O)(=O)N2CCCCCC2)cc1. The van der Waals surface area contributed by atoms with Gasteiger partial charge in [0.15, 0.2) is 6.61 Å². The van der Waals surface area contributed by atoms with Gasteiger partial charge in [-0.2, -0.15) is 4.31 Å². The lowest BCUT2D eigenvalue weighted by Gasteiger charge is -2.20. The van der Waals surface area contributed by atoms with Crippen LogP contribution in [0.15, 0.2) is 77.8 Å². The van der Waals surface area contributed by atoms with Crippen molar-refractivity contribution in [1.29, 1.82) is 0 Å². The minimum absolute atomic E-state index is 0.186. The fourth-order valence-electron chi connectivity index (χ4n) is 3.62. The second-order valence-electron chi connectivity index (χ2n) is 7.92. The number of anilines is 1. The largest absolute Gasteiger partial charge is 0.484 e. The number of nitrogens with zero attached hydrogens (tertiary/aromatic N) is 2. The number of sulfonamides is 1. The van der Waals surface area contributed by atoms with Crippen molar-refractivity contribution in [2.24, 2.45) is 0 Å². The van der Waals surface area contributed by atoms with E-state index in [1.165, 1.54) is 12.1 Å². The quantitative estimate of drug-likeness (QED) is 0.510. The van der Waals surface area contributed by atoms with Gasteiger partial charge >= 0.3 is 0 Å². The van der Waals surface area contributed by atoms with Crippen LogP contribution in [0, 0.1) is 0 Å². The van der Waals surface area contributed by atoms with Crippen molar-refractivity contribution in [3.8, 4) is 17.4 Å². The zero-order valence-corrected chi connectivity index (χ0v) is 19.5. The second-order valence-corrected chi connectivity index (χ2v) is 9.86. The Morgan fingerprint density at radius 2 is 1.56 bits per heavy atom. The summed E-state index contributed by atoms with van der Waals surface area (Å²) in [5.74, 6) is 1.26. The summed E-state index contributed by atoms with van der Waals surface area (Å²) >= 11 is 0. The number of ether oxygens (including phenoxy) is 2. The average Bonchev–Trinajstić information content (AvgIpc) is 3.15. The molecule has 4 rings (SSSR count). The Bertz CT molecular complexity index is 1180. The summed E-state index contributed by atoms with van der Waals surface area (Å²) in [6.07, 6.45) is 5.53. The molecule has 0 aliphatic carbocycles. The predicted octanol–water partition coefficient (Wildman–Crippen LogP) is 4.46. The minimum atomic E-state index is -3.52. The van der Waals surface area contributed by atoms with E-state index < -0.39 is 10.0 Å². The first-order valence-electron chi connectivity index (χ1n) is 11.2. The van der Waals surface area contributed by atoms with Crippen LogP contribution in [0.1, 0.15) is 25.7 Å². The van der Waals surface area contributed by atoms with Gasteiger partial charge in [0.05, 0.1) is 4.90 Å². The lowest BCUT2D eigenvalue weighted by atomic mass is 10.2. The number of nitrogens with one attached hydrogen (secondary N) is 1. The number of hydrogen-bond donors (Lipinski definition) is 1. The number of amides is 1. The first-order valence-corrected chi connectivity index (χ1v) is 12.7. The van der Waals surface area contributed by atoms with E-state index in [0.29, 0.717) is 36.2 Å². The highest BCUT2D eigenvalue weighted by Gasteiger charge is 2.25. The van der Waals surface area contributed by atoms with Crippen molar-refractivity contribution in [2.45, 2.75) is 30.6 Å². The third-order valence-electron chi connectivity index (χ3n) is 5.39. The van der Waals surface area contributed by atoms with Gasteiger partial charge in [-0.3, -0.25) is 4.79 Å². The van der Waals surface area contributed by atoms with Crippen molar-refractivity contribution in [2.75, 3.05) is 25.0 Å². The molecule has 2 heterocycles. The summed E-state index contributed by atoms with van der Waals surface area (Å²) in [5.41, 5.74) is 0.502. The van der Waals surface area contributed by atoms with Crippen molar-refractivity contribution in [1.82, 2.24) is 9.29 Å². The van der Waals surface area contributed by atoms with Crippen LogP contribution in [0.5, 0.6) is 17.4 Å². The van der Waals surface area contributed by atoms with Gasteiger partial charge in [0.25, 0.3) is 5.91 Å². The maximum Gasteiger partial charge on any atom is 0.262 e. The van der Waals surface area contributed by atoms with E-state index in [1.54, 1.807) is 53.0 Å². The number of carbonyl (C=O) groups excluding carboxylic acids is 1. The third-order valence-corrected chi connectivity index (χ3v) is 7.31. The molecule has 0 saturated carbocycles. The van der Waals surface area contributed by atoms with E-state index >= 15 is 0 Å². The highest BCUT2D eigenvalue weighted by atomic mass is 32.2. The molecule has 1 saturated heterocycles. The monoisotopic (exact) mass is 481 g/mol. The van der Waals surface area contributed by atoms with Crippen molar-refractivity contribution in [3.63, 3.8) is 0 Å². The maximum absolute atomic E-state index is 12.9. The highest BCUT2D eigenvalue weighted by molar-refractivity contribution is 7.89. The number of pyridine rings is 1. The molecule has 178 valence electrons. The Kier molecular flexibility index (Phi) is 7.76. The molecule has 1 N–H and O–H groups in total. The molecule has 1 aliphatic heterocycles. The van der Waals surface area contributed by atoms with Gasteiger partial charge in [-0.1, -0.05) is 18.9 Å². The fourth-order valence-corrected chi connectivity index (χ4v) is 5.14. The number of hydrogen-bond acceptors (Lipinski definition) is 6. The molecule has 1 aliphatic rings. The molecular weight excluding hydrogens is 454 g/mol. The first kappa shape index (κ1) is 23.7. The molecule has 0 radical (unpaired) electrons. The lowest BCUT2D eigenvalue weighted by Crippen LogP contribution is -2.31. The Hall–Kier alpha value is -3.43. The molecule has 1 aromatic heterocycles. The van der Waals surface area contributed by atoms with Crippen LogP contribution >= 0.6 is 0 Å². The second kappa shape index (κ2) is 11.1. The van der Waals surface area contributed by atoms with E-state index in [-0.39, 0.29) is 17.4 Å². The Labute approximate surface area is 199 Å². The standard InChI is InChI=1S/C25H27N3O5S/c29-24(19-32-21-10-12-22(13-11-21)33-25-7-3-4-16-26-25)27-20-8-14-23(15-9-20)34(30,31)28-17-5-1-2-6-18-28/h3-4,7-16H,1-2,5-6,17-19H2,(H,27,29). The summed E-state index contributed by atoms with van der Waals surface area (Å²) in [5, 5.41) is 2.72. The van der Waals surface area contributed by atoms with Crippen LogP contribution in [0.3, 0.4) is 0 Å². The van der Waals surface area contributed by atoms with Crippen LogP contribution in [0.4, 0.5) is 5.69 Å². The molecule has 0 unspecified atom stereocenters. The zero-order chi connectivity index (χ0) is 23.8. The lowest BCUT2D eigenvalue weighted by molar-refractivity contribution is -0.118. The van der Waals surface area contributed by atoms with Crippen molar-refractivity contribution < 1.29 is 22.7 Å². The van der Waals surface area contributed by atoms with Crippen molar-refractivity contribution in [3.05, 3.63) is 72.9 Å². The molecule has 9 heteroatoms. The van der Waals surface area contributed by atoms with Crippen LogP contribution < -0.4 is 14.8 Å². The summed E-state index contributed by atoms with van der Waals surface area (Å²) < 4.78 is 38.4. The minimum Gasteiger partial charge on any atom is -0.484 e. The number of carbonyl (C=O) groups is 1. The topological polar surface area (TPSA) is 97.8 Å². The predicted molar refractivity (Wildman–Crippen MR) is 129 cm³/mol. The van der Waals surface area contributed by atoms with Crippen LogP contribution in [0.2, 0.25) is 0 Å². The van der Waals surface area contributed by atoms with Crippen LogP contribution in [-0.2, 0) is 14.8 Å². The van der Waals surface area contributed by atoms with Gasteiger partial charge in [-0.15, -0.1) is 0 Å². The van der Waals surface area contributed by atoms with Crippen LogP contribution in [-0.4, -0.2) is 43.3 Å². The molecule has 1 amide bonds. The smallest absolute Gasteiger partial charge is 0.262 e. The number of aromatic nitrogens is 1. The fraction of sp³-hybridized carbons (Fsp3) is 0.280. The summed E-state index contributed by atoms with van der Waals surface area (Å²) in [6.45, 7) is 0.914. The van der Waals surface area contributed by atoms with E-state index in [4.69, 9.17) is 9.47 Å². The normalized spacial score (nSPS) is 14.7. The Morgan fingerprint density at radius 1 is 0.882 bits per heavy atom. The van der Waals surface area contributed by atoms with Gasteiger partial charge in [0.2, 0.25) is 15.9 Å². The first-order chi connectivity index (χ1) is 16.5. The molecule has 1 fully saturated rings. The van der Waals surface area contributed by atoms with Gasteiger partial charge in [0.1, 0.15) is 11.5 Å². The van der Waals surface area contributed by atoms with E-state index in [9.17, 15) is 13.2 Å². The number of rotatable bonds is 8. The summed E-state index contributed by atoms with van der Waals surface area (Å²) in [6, 6.07) is 18.5. The van der Waals surface area contributed by atoms with Crippen molar-refractivity contribution >= 4 is 21.6 Å². The zero-order valence-electron chi connectivity index (χ0n) is 18.7. The van der Waals surface area contributed by atoms with Gasteiger partial charge in [0, 0.05) is 31.0 Å². The third kappa shape index (κ3) is 6.33. The Balaban J connectivity index is 1.27. The molecule has 34 heavy (non-hydrogen) atoms. The summed E-state index contributed by atoms with van der Waals surface area (Å²) in [4.78, 5) is 16.6. The highest BCUT2D eigenvalue weighted by Crippen LogP contribution is 2.23. The molecule has 0 atom stereocenters. The van der Waals surface area contributed by atoms with Crippen LogP contribution in [0.25, 0.3) is 0 Å². The molecule has 0 spiro atoms. The number of benzene rings is 2. The van der Waals surface area contributed by atoms with E-state index in [2.05, 4.69) is 10.3 Å². The average molecular weight is 482 g/mol. The molecule has 3 aromatic rings. The van der Waals surface area contributed by atoms with Gasteiger partial charge in [-0.25, -0.2) is 13.4 Å². The molecular formula is C25H27N3O5S. The van der Waals surface area contributed by atoms with E-state index in [0.717, 1.165) is 25.7 Å². The molecule has 0 bridgehead atoms. The maximum atomic E-state index is 12.9. The molecule has 2 aromatic carbocycles. The Morgan fingerprint density at radius 3 is 2.21 bits per heavy atom. The van der Waals surface area contributed by atoms with Gasteiger partial charge < -0.3 is 14.8 Å². The van der Waals surface area contributed by atoms with Gasteiger partial charge in [-0.05, 0) is 67.4 Å².